The van der Waals surface area contributed by atoms with E-state index in [0.717, 1.165) is 0 Å². The molecule has 0 saturated carbocycles. The van der Waals surface area contributed by atoms with Crippen LogP contribution in [0.4, 0.5) is 5.95 Å². The molecule has 0 aliphatic carbocycles. The Morgan fingerprint density at radius 1 is 1.58 bits per heavy atom. The molecule has 12 heavy (non-hydrogen) atoms. The number of nitrogens with one attached hydrogen (secondary N) is 2. The molecule has 0 saturated heterocycles. The lowest BCUT2D eigenvalue weighted by Crippen LogP contribution is -2.71. The van der Waals surface area contributed by atoms with Gasteiger partial charge in [0.15, 0.2) is 11.2 Å². The molecule has 2 heterocycles. The van der Waals surface area contributed by atoms with Gasteiger partial charge in [-0.15, -0.1) is 0 Å². The molecule has 62 valence electrons. The Bertz CT molecular complexity index is 458. The Kier molecular flexibility index (Phi) is 1.39. The topological polar surface area (TPSA) is 114 Å². The normalized spacial score (nSPS) is 10.8. The van der Waals surface area contributed by atoms with Crippen LogP contribution in [-0.2, 0) is 0 Å². The highest BCUT2D eigenvalue weighted by Gasteiger charge is 2.04. The molecule has 0 aromatic carbocycles. The van der Waals surface area contributed by atoms with Crippen LogP contribution in [0.1, 0.15) is 0 Å². The highest BCUT2D eigenvalue weighted by atomic mass is 16.5. The number of fused-ring (bicyclic) bond motifs is 1. The van der Waals surface area contributed by atoms with E-state index in [0.29, 0.717) is 5.48 Å². The first-order valence-corrected chi connectivity index (χ1v) is 3.20. The summed E-state index contributed by atoms with van der Waals surface area (Å²) < 4.78 is 0. The van der Waals surface area contributed by atoms with Gasteiger partial charge in [-0.1, -0.05) is 0 Å². The van der Waals surface area contributed by atoms with E-state index >= 15 is 0 Å². The number of rotatable bonds is 1. The predicted octanol–water partition coefficient (Wildman–Crippen LogP) is -1.66. The number of nitrogens with zero attached hydrogens (tertiary/aromatic N) is 2. The zero-order chi connectivity index (χ0) is 8.55. The number of aromatic nitrogens is 4. The van der Waals surface area contributed by atoms with Gasteiger partial charge >= 0.3 is 5.95 Å². The number of hydrogen-bond donors (Lipinski definition) is 3. The molecule has 2 aromatic heterocycles. The third-order valence-electron chi connectivity index (χ3n) is 1.43. The van der Waals surface area contributed by atoms with Crippen LogP contribution in [0.3, 0.4) is 0 Å². The molecule has 0 atom stereocenters. The molecular formula is C5H5N5O2. The monoisotopic (exact) mass is 167 g/mol. The van der Waals surface area contributed by atoms with Crippen molar-refractivity contribution in [3.8, 4) is 0 Å². The molecule has 0 amide bonds. The average molecular weight is 167 g/mol. The molecule has 0 radical (unpaired) electrons. The van der Waals surface area contributed by atoms with Crippen LogP contribution in [0.2, 0.25) is 0 Å². The molecule has 7 heteroatoms. The summed E-state index contributed by atoms with van der Waals surface area (Å²) in [6.07, 6.45) is 1.35. The van der Waals surface area contributed by atoms with Crippen LogP contribution in [0.25, 0.3) is 11.2 Å². The summed E-state index contributed by atoms with van der Waals surface area (Å²) in [5, 5.41) is 10.3. The number of quaternary nitrogens is 1. The fraction of sp³-hybridized carbons (Fsp3) is 0. The first kappa shape index (κ1) is 6.95. The summed E-state index contributed by atoms with van der Waals surface area (Å²) in [5.74, 6) is -0.0143. The van der Waals surface area contributed by atoms with E-state index in [1.54, 1.807) is 0 Å². The first-order chi connectivity index (χ1) is 5.81. The largest absolute Gasteiger partial charge is 0.628 e. The van der Waals surface area contributed by atoms with E-state index in [-0.39, 0.29) is 22.7 Å². The minimum atomic E-state index is -0.389. The van der Waals surface area contributed by atoms with Gasteiger partial charge in [0.2, 0.25) is 0 Å². The molecule has 0 bridgehead atoms. The maximum absolute atomic E-state index is 11.1. The molecule has 0 unspecified atom stereocenters. The van der Waals surface area contributed by atoms with Gasteiger partial charge in [-0.05, 0) is 0 Å². The van der Waals surface area contributed by atoms with Crippen molar-refractivity contribution >= 4 is 17.1 Å². The van der Waals surface area contributed by atoms with Crippen molar-refractivity contribution < 1.29 is 5.48 Å². The number of aromatic amines is 2. The van der Waals surface area contributed by atoms with Gasteiger partial charge in [-0.3, -0.25) is 9.78 Å². The third kappa shape index (κ3) is 0.881. The lowest BCUT2D eigenvalue weighted by atomic mass is 10.5. The third-order valence-corrected chi connectivity index (χ3v) is 1.43. The second-order valence-electron chi connectivity index (χ2n) is 2.17. The number of imidazole rings is 1. The Morgan fingerprint density at radius 2 is 2.42 bits per heavy atom. The standard InChI is InChI=1S/C5H5N5O2/c11-4-2-3(7-1-6-2)8-5(9-4)10-12/h1H,10H2,(H2,6,7,8,9,11). The molecule has 0 aliphatic heterocycles. The van der Waals surface area contributed by atoms with Crippen LogP contribution in [0.5, 0.6) is 0 Å². The number of hydrogen-bond acceptors (Lipinski definition) is 4. The van der Waals surface area contributed by atoms with Crippen molar-refractivity contribution in [2.45, 2.75) is 0 Å². The highest BCUT2D eigenvalue weighted by Crippen LogP contribution is 1.98. The zero-order valence-corrected chi connectivity index (χ0v) is 5.87. The smallest absolute Gasteiger partial charge is 0.308 e. The summed E-state index contributed by atoms with van der Waals surface area (Å²) in [5.41, 5.74) is 0.608. The van der Waals surface area contributed by atoms with E-state index in [1.165, 1.54) is 6.33 Å². The second-order valence-corrected chi connectivity index (χ2v) is 2.17. The molecule has 2 rings (SSSR count). The van der Waals surface area contributed by atoms with Gasteiger partial charge in [0, 0.05) is 0 Å². The fourth-order valence-electron chi connectivity index (χ4n) is 0.916. The van der Waals surface area contributed by atoms with Crippen LogP contribution < -0.4 is 11.0 Å². The van der Waals surface area contributed by atoms with Crippen molar-refractivity contribution in [2.24, 2.45) is 0 Å². The quantitative estimate of drug-likeness (QED) is 0.441. The van der Waals surface area contributed by atoms with Crippen molar-refractivity contribution in [1.29, 1.82) is 0 Å². The summed E-state index contributed by atoms with van der Waals surface area (Å²) in [6.45, 7) is 0. The Morgan fingerprint density at radius 3 is 3.17 bits per heavy atom. The Balaban J connectivity index is 2.84. The van der Waals surface area contributed by atoms with Crippen molar-refractivity contribution in [1.82, 2.24) is 19.9 Å². The fourth-order valence-corrected chi connectivity index (χ4v) is 0.916. The summed E-state index contributed by atoms with van der Waals surface area (Å²) in [4.78, 5) is 23.5. The Labute approximate surface area is 65.4 Å². The van der Waals surface area contributed by atoms with Gasteiger partial charge in [-0.2, -0.15) is 4.98 Å². The summed E-state index contributed by atoms with van der Waals surface area (Å²) in [7, 11) is 0. The molecule has 0 fully saturated rings. The van der Waals surface area contributed by atoms with Crippen LogP contribution >= 0.6 is 0 Å². The summed E-state index contributed by atoms with van der Waals surface area (Å²) >= 11 is 0. The van der Waals surface area contributed by atoms with Crippen LogP contribution in [0.15, 0.2) is 11.1 Å². The average Bonchev–Trinajstić information content (AvgIpc) is 2.52. The summed E-state index contributed by atoms with van der Waals surface area (Å²) in [6, 6.07) is 0. The Hall–Kier alpha value is -1.73. The second kappa shape index (κ2) is 2.40. The van der Waals surface area contributed by atoms with Crippen molar-refractivity contribution in [3.63, 3.8) is 0 Å². The number of H-pyrrole nitrogens is 2. The molecule has 0 aliphatic rings. The minimum Gasteiger partial charge on any atom is -0.628 e. The van der Waals surface area contributed by atoms with Gasteiger partial charge < -0.3 is 15.7 Å². The SMILES string of the molecule is O=c1[nH]c([NH2+][O-])nc2nc[nH]c12. The predicted molar refractivity (Wildman–Crippen MR) is 39.5 cm³/mol. The van der Waals surface area contributed by atoms with E-state index < -0.39 is 0 Å². The van der Waals surface area contributed by atoms with E-state index in [2.05, 4.69) is 19.9 Å². The zero-order valence-electron chi connectivity index (χ0n) is 5.87. The molecule has 7 nitrogen and oxygen atoms in total. The molecule has 2 aromatic rings. The van der Waals surface area contributed by atoms with Gasteiger partial charge in [0.05, 0.1) is 6.33 Å². The molecular weight excluding hydrogens is 162 g/mol. The molecule has 4 N–H and O–H groups in total. The van der Waals surface area contributed by atoms with Gasteiger partial charge in [0.25, 0.3) is 5.56 Å². The van der Waals surface area contributed by atoms with Crippen LogP contribution in [-0.4, -0.2) is 19.9 Å². The van der Waals surface area contributed by atoms with E-state index in [1.807, 2.05) is 0 Å². The van der Waals surface area contributed by atoms with Gasteiger partial charge in [-0.25, -0.2) is 4.98 Å². The maximum Gasteiger partial charge on any atom is 0.308 e. The van der Waals surface area contributed by atoms with Crippen LogP contribution in [0, 0.1) is 5.21 Å². The highest BCUT2D eigenvalue weighted by molar-refractivity contribution is 5.68. The van der Waals surface area contributed by atoms with Crippen molar-refractivity contribution in [3.05, 3.63) is 21.9 Å². The van der Waals surface area contributed by atoms with Gasteiger partial charge in [0.1, 0.15) is 0 Å². The lowest BCUT2D eigenvalue weighted by Gasteiger charge is -1.97. The lowest BCUT2D eigenvalue weighted by molar-refractivity contribution is -0.505. The van der Waals surface area contributed by atoms with E-state index in [4.69, 9.17) is 0 Å². The first-order valence-electron chi connectivity index (χ1n) is 3.20. The number of nitrogens with two attached hydrogens (primary N) is 1. The van der Waals surface area contributed by atoms with E-state index in [9.17, 15) is 10.0 Å². The molecule has 0 spiro atoms. The minimum absolute atomic E-state index is 0.0143. The maximum atomic E-state index is 11.1. The van der Waals surface area contributed by atoms with Crippen molar-refractivity contribution in [2.75, 3.05) is 0 Å².